The highest BCUT2D eigenvalue weighted by Crippen LogP contribution is 2.38. The molecule has 0 bridgehead atoms. The van der Waals surface area contributed by atoms with Gasteiger partial charge in [-0.2, -0.15) is 0 Å². The number of piperazine rings is 1. The highest BCUT2D eigenvalue weighted by atomic mass is 35.5. The largest absolute Gasteiger partial charge is 0.465 e. The molecular weight excluding hydrogens is 438 g/mol. The van der Waals surface area contributed by atoms with Crippen molar-refractivity contribution in [3.05, 3.63) is 50.9 Å². The summed E-state index contributed by atoms with van der Waals surface area (Å²) in [5.41, 5.74) is 3.09. The van der Waals surface area contributed by atoms with Gasteiger partial charge in [-0.25, -0.2) is 4.79 Å². The monoisotopic (exact) mass is 463 g/mol. The van der Waals surface area contributed by atoms with E-state index in [9.17, 15) is 4.79 Å². The van der Waals surface area contributed by atoms with Crippen LogP contribution in [0.25, 0.3) is 0 Å². The third-order valence-corrected chi connectivity index (χ3v) is 7.58. The Balaban J connectivity index is 1.38. The van der Waals surface area contributed by atoms with Gasteiger partial charge in [0, 0.05) is 42.6 Å². The van der Waals surface area contributed by atoms with Gasteiger partial charge in [0.15, 0.2) is 5.11 Å². The van der Waals surface area contributed by atoms with Crippen molar-refractivity contribution >= 4 is 51.2 Å². The fraction of sp³-hybridized carbons (Fsp3) is 0.455. The summed E-state index contributed by atoms with van der Waals surface area (Å²) in [6.45, 7) is 4.51. The van der Waals surface area contributed by atoms with Gasteiger partial charge in [0.25, 0.3) is 0 Å². The summed E-state index contributed by atoms with van der Waals surface area (Å²) in [6, 6.07) is 8.03. The number of hydrogen-bond donors (Lipinski definition) is 1. The van der Waals surface area contributed by atoms with Crippen LogP contribution in [0.15, 0.2) is 24.3 Å². The Morgan fingerprint density at radius 1 is 1.17 bits per heavy atom. The van der Waals surface area contributed by atoms with Crippen LogP contribution >= 0.6 is 35.2 Å². The fourth-order valence-corrected chi connectivity index (χ4v) is 5.86. The molecule has 8 heteroatoms. The molecule has 5 nitrogen and oxygen atoms in total. The normalized spacial score (nSPS) is 16.8. The van der Waals surface area contributed by atoms with Crippen LogP contribution in [0.5, 0.6) is 0 Å². The van der Waals surface area contributed by atoms with E-state index in [0.29, 0.717) is 10.7 Å². The smallest absolute Gasteiger partial charge is 0.341 e. The van der Waals surface area contributed by atoms with E-state index >= 15 is 0 Å². The van der Waals surface area contributed by atoms with Crippen LogP contribution in [-0.2, 0) is 24.1 Å². The summed E-state index contributed by atoms with van der Waals surface area (Å²) in [5.74, 6) is -0.271. The molecule has 1 saturated heterocycles. The average molecular weight is 464 g/mol. The lowest BCUT2D eigenvalue weighted by Gasteiger charge is -2.36. The van der Waals surface area contributed by atoms with Gasteiger partial charge in [-0.1, -0.05) is 23.7 Å². The molecule has 1 aromatic carbocycles. The van der Waals surface area contributed by atoms with E-state index in [0.717, 1.165) is 67.6 Å². The minimum absolute atomic E-state index is 0.271. The standard InChI is InChI=1S/C22H26ClN3O2S2/c1-28-21(27)19-17-4-2-3-5-18(17)30-20(19)24-22(29)26-12-10-25(11-13-26)14-15-6-8-16(23)9-7-15/h6-9H,2-5,10-14H2,1H3,(H,24,29). The van der Waals surface area contributed by atoms with Crippen molar-refractivity contribution in [1.29, 1.82) is 0 Å². The maximum atomic E-state index is 12.4. The van der Waals surface area contributed by atoms with E-state index < -0.39 is 0 Å². The molecule has 1 aromatic heterocycles. The van der Waals surface area contributed by atoms with E-state index in [1.807, 2.05) is 12.1 Å². The summed E-state index contributed by atoms with van der Waals surface area (Å²) >= 11 is 13.3. The molecule has 0 saturated carbocycles. The lowest BCUT2D eigenvalue weighted by molar-refractivity contribution is 0.0601. The summed E-state index contributed by atoms with van der Waals surface area (Å²) in [6.07, 6.45) is 4.26. The molecule has 0 spiro atoms. The fourth-order valence-electron chi connectivity index (χ4n) is 4.11. The molecular formula is C22H26ClN3O2S2. The number of thiocarbonyl (C=S) groups is 1. The quantitative estimate of drug-likeness (QED) is 0.529. The Labute approximate surface area is 192 Å². The van der Waals surface area contributed by atoms with Gasteiger partial charge >= 0.3 is 5.97 Å². The molecule has 1 N–H and O–H groups in total. The number of esters is 1. The van der Waals surface area contributed by atoms with Crippen molar-refractivity contribution in [3.8, 4) is 0 Å². The molecule has 1 fully saturated rings. The Morgan fingerprint density at radius 3 is 2.57 bits per heavy atom. The van der Waals surface area contributed by atoms with Gasteiger partial charge in [-0.3, -0.25) is 4.90 Å². The van der Waals surface area contributed by atoms with Crippen LogP contribution in [0, 0.1) is 0 Å². The maximum Gasteiger partial charge on any atom is 0.341 e. The number of nitrogens with zero attached hydrogens (tertiary/aromatic N) is 2. The van der Waals surface area contributed by atoms with Crippen LogP contribution in [0.2, 0.25) is 5.02 Å². The van der Waals surface area contributed by atoms with E-state index in [-0.39, 0.29) is 5.97 Å². The molecule has 2 aromatic rings. The number of methoxy groups -OCH3 is 1. The van der Waals surface area contributed by atoms with E-state index in [2.05, 4.69) is 27.2 Å². The van der Waals surface area contributed by atoms with Gasteiger partial charge in [0.05, 0.1) is 12.7 Å². The first-order valence-electron chi connectivity index (χ1n) is 10.3. The first-order valence-corrected chi connectivity index (χ1v) is 11.9. The molecule has 1 aliphatic heterocycles. The molecule has 30 heavy (non-hydrogen) atoms. The number of benzene rings is 1. The molecule has 4 rings (SSSR count). The summed E-state index contributed by atoms with van der Waals surface area (Å²) in [5, 5.41) is 5.65. The Kier molecular flexibility index (Phi) is 6.93. The first kappa shape index (κ1) is 21.6. The third-order valence-electron chi connectivity index (χ3n) is 5.76. The summed E-state index contributed by atoms with van der Waals surface area (Å²) < 4.78 is 5.06. The number of nitrogens with one attached hydrogen (secondary N) is 1. The topological polar surface area (TPSA) is 44.8 Å². The molecule has 2 aliphatic rings. The van der Waals surface area contributed by atoms with E-state index in [4.69, 9.17) is 28.6 Å². The van der Waals surface area contributed by atoms with Crippen LogP contribution in [0.3, 0.4) is 0 Å². The lowest BCUT2D eigenvalue weighted by Crippen LogP contribution is -2.49. The molecule has 0 unspecified atom stereocenters. The molecule has 1 aliphatic carbocycles. The molecule has 0 amide bonds. The minimum Gasteiger partial charge on any atom is -0.465 e. The second-order valence-corrected chi connectivity index (χ2v) is 9.65. The van der Waals surface area contributed by atoms with Crippen LogP contribution in [0.4, 0.5) is 5.00 Å². The number of aryl methyl sites for hydroxylation is 1. The number of fused-ring (bicyclic) bond motifs is 1. The number of rotatable bonds is 4. The molecule has 0 atom stereocenters. The van der Waals surface area contributed by atoms with Crippen LogP contribution < -0.4 is 5.32 Å². The lowest BCUT2D eigenvalue weighted by atomic mass is 9.95. The Bertz CT molecular complexity index is 921. The van der Waals surface area contributed by atoms with Crippen molar-refractivity contribution in [2.24, 2.45) is 0 Å². The predicted octanol–water partition coefficient (Wildman–Crippen LogP) is 4.58. The molecule has 160 valence electrons. The predicted molar refractivity (Wildman–Crippen MR) is 127 cm³/mol. The van der Waals surface area contributed by atoms with Crippen LogP contribution in [-0.4, -0.2) is 54.2 Å². The second-order valence-electron chi connectivity index (χ2n) is 7.73. The van der Waals surface area contributed by atoms with Gasteiger partial charge in [0.2, 0.25) is 0 Å². The van der Waals surface area contributed by atoms with Gasteiger partial charge in [-0.05, 0) is 61.2 Å². The number of thiophene rings is 1. The van der Waals surface area contributed by atoms with Gasteiger partial charge < -0.3 is 15.0 Å². The van der Waals surface area contributed by atoms with E-state index in [1.54, 1.807) is 11.3 Å². The maximum absolute atomic E-state index is 12.4. The zero-order chi connectivity index (χ0) is 21.1. The SMILES string of the molecule is COC(=O)c1c(NC(=S)N2CCN(Cc3ccc(Cl)cc3)CC2)sc2c1CCCC2. The van der Waals surface area contributed by atoms with Crippen molar-refractivity contribution in [2.75, 3.05) is 38.6 Å². The zero-order valence-corrected chi connectivity index (χ0v) is 19.5. The number of halogens is 1. The summed E-state index contributed by atoms with van der Waals surface area (Å²) in [4.78, 5) is 18.3. The molecule has 2 heterocycles. The van der Waals surface area contributed by atoms with Crippen molar-refractivity contribution in [2.45, 2.75) is 32.2 Å². The first-order chi connectivity index (χ1) is 14.5. The average Bonchev–Trinajstić information content (AvgIpc) is 3.13. The van der Waals surface area contributed by atoms with Gasteiger partial charge in [-0.15, -0.1) is 11.3 Å². The Hall–Kier alpha value is -1.67. The van der Waals surface area contributed by atoms with E-state index in [1.165, 1.54) is 24.0 Å². The van der Waals surface area contributed by atoms with Crippen molar-refractivity contribution in [3.63, 3.8) is 0 Å². The van der Waals surface area contributed by atoms with Crippen LogP contribution in [0.1, 0.15) is 39.2 Å². The number of carbonyl (C=O) groups excluding carboxylic acids is 1. The number of anilines is 1. The minimum atomic E-state index is -0.271. The molecule has 0 radical (unpaired) electrons. The Morgan fingerprint density at radius 2 is 1.87 bits per heavy atom. The van der Waals surface area contributed by atoms with Crippen molar-refractivity contribution in [1.82, 2.24) is 9.80 Å². The number of hydrogen-bond acceptors (Lipinski definition) is 5. The number of ether oxygens (including phenoxy) is 1. The third kappa shape index (κ3) is 4.80. The number of carbonyl (C=O) groups is 1. The zero-order valence-electron chi connectivity index (χ0n) is 17.1. The highest BCUT2D eigenvalue weighted by Gasteiger charge is 2.27. The summed E-state index contributed by atoms with van der Waals surface area (Å²) in [7, 11) is 1.44. The van der Waals surface area contributed by atoms with Crippen molar-refractivity contribution < 1.29 is 9.53 Å². The second kappa shape index (κ2) is 9.64. The van der Waals surface area contributed by atoms with Gasteiger partial charge in [0.1, 0.15) is 5.00 Å². The highest BCUT2D eigenvalue weighted by molar-refractivity contribution is 7.80.